The Hall–Kier alpha value is -2.33. The number of hydrogen-bond acceptors (Lipinski definition) is 4. The fraction of sp³-hybridized carbons (Fsp3) is 0.316. The third kappa shape index (κ3) is 4.57. The number of rotatable bonds is 5. The van der Waals surface area contributed by atoms with E-state index in [0.29, 0.717) is 0 Å². The summed E-state index contributed by atoms with van der Waals surface area (Å²) in [5.74, 6) is 0.863. The highest BCUT2D eigenvalue weighted by atomic mass is 16.5. The molecule has 1 heterocycles. The smallest absolute Gasteiger partial charge is 0.119 e. The van der Waals surface area contributed by atoms with Crippen LogP contribution in [0.25, 0.3) is 0 Å². The number of benzene rings is 2. The number of nitrogens with zero attached hydrogens (tertiary/aromatic N) is 3. The monoisotopic (exact) mass is 309 g/mol. The van der Waals surface area contributed by atoms with Crippen molar-refractivity contribution in [1.29, 1.82) is 0 Å². The first-order valence-electron chi connectivity index (χ1n) is 8.03. The Morgan fingerprint density at radius 1 is 1.00 bits per heavy atom. The van der Waals surface area contributed by atoms with Crippen molar-refractivity contribution >= 4 is 6.21 Å². The molecule has 3 rings (SSSR count). The van der Waals surface area contributed by atoms with Crippen LogP contribution in [0.3, 0.4) is 0 Å². The van der Waals surface area contributed by atoms with Crippen molar-refractivity contribution in [2.24, 2.45) is 5.10 Å². The average Bonchev–Trinajstić information content (AvgIpc) is 2.62. The summed E-state index contributed by atoms with van der Waals surface area (Å²) >= 11 is 0. The number of hydrogen-bond donors (Lipinski definition) is 0. The number of piperazine rings is 1. The Morgan fingerprint density at radius 2 is 1.78 bits per heavy atom. The van der Waals surface area contributed by atoms with Gasteiger partial charge in [0, 0.05) is 32.7 Å². The van der Waals surface area contributed by atoms with Gasteiger partial charge in [-0.1, -0.05) is 42.5 Å². The van der Waals surface area contributed by atoms with Crippen LogP contribution in [0.1, 0.15) is 11.1 Å². The lowest BCUT2D eigenvalue weighted by Crippen LogP contribution is -2.43. The minimum atomic E-state index is 0.863. The van der Waals surface area contributed by atoms with Crippen LogP contribution in [0.2, 0.25) is 0 Å². The van der Waals surface area contributed by atoms with E-state index < -0.39 is 0 Å². The van der Waals surface area contributed by atoms with Crippen LogP contribution in [-0.2, 0) is 6.54 Å². The van der Waals surface area contributed by atoms with Crippen molar-refractivity contribution in [2.75, 3.05) is 33.3 Å². The molecule has 0 unspecified atom stereocenters. The van der Waals surface area contributed by atoms with E-state index in [0.717, 1.165) is 44.0 Å². The maximum atomic E-state index is 5.24. The second-order valence-electron chi connectivity index (χ2n) is 5.74. The molecule has 0 N–H and O–H groups in total. The molecule has 0 saturated carbocycles. The molecule has 0 aromatic heterocycles. The zero-order valence-electron chi connectivity index (χ0n) is 13.6. The summed E-state index contributed by atoms with van der Waals surface area (Å²) in [5, 5.41) is 6.74. The molecular weight excluding hydrogens is 286 g/mol. The molecule has 1 fully saturated rings. The van der Waals surface area contributed by atoms with Gasteiger partial charge in [0.1, 0.15) is 5.75 Å². The SMILES string of the molecule is COc1cccc(/C=N/N2CCN(Cc3ccccc3)CC2)c1. The van der Waals surface area contributed by atoms with Crippen LogP contribution in [0.4, 0.5) is 0 Å². The Morgan fingerprint density at radius 3 is 2.52 bits per heavy atom. The van der Waals surface area contributed by atoms with Gasteiger partial charge in [-0.05, 0) is 23.3 Å². The lowest BCUT2D eigenvalue weighted by molar-refractivity contribution is 0.131. The first-order valence-corrected chi connectivity index (χ1v) is 8.03. The summed E-state index contributed by atoms with van der Waals surface area (Å²) in [6.07, 6.45) is 1.91. The number of ether oxygens (including phenoxy) is 1. The molecule has 0 radical (unpaired) electrons. The fourth-order valence-electron chi connectivity index (χ4n) is 2.72. The molecule has 1 saturated heterocycles. The van der Waals surface area contributed by atoms with Crippen molar-refractivity contribution in [3.63, 3.8) is 0 Å². The zero-order valence-corrected chi connectivity index (χ0v) is 13.6. The average molecular weight is 309 g/mol. The minimum absolute atomic E-state index is 0.863. The third-order valence-electron chi connectivity index (χ3n) is 4.06. The highest BCUT2D eigenvalue weighted by molar-refractivity contribution is 5.79. The van der Waals surface area contributed by atoms with E-state index in [4.69, 9.17) is 4.74 Å². The molecule has 0 spiro atoms. The molecule has 0 bridgehead atoms. The summed E-state index contributed by atoms with van der Waals surface area (Å²) in [6.45, 7) is 5.05. The van der Waals surface area contributed by atoms with Gasteiger partial charge in [0.05, 0.1) is 13.3 Å². The van der Waals surface area contributed by atoms with Gasteiger partial charge < -0.3 is 4.74 Å². The first kappa shape index (κ1) is 15.6. The second-order valence-corrected chi connectivity index (χ2v) is 5.74. The normalized spacial score (nSPS) is 16.0. The van der Waals surface area contributed by atoms with Gasteiger partial charge in [0.15, 0.2) is 0 Å². The predicted molar refractivity (Wildman–Crippen MR) is 93.9 cm³/mol. The molecule has 23 heavy (non-hydrogen) atoms. The number of methoxy groups -OCH3 is 1. The number of hydrazone groups is 1. The first-order chi connectivity index (χ1) is 11.3. The Kier molecular flexibility index (Phi) is 5.27. The lowest BCUT2D eigenvalue weighted by Gasteiger charge is -2.33. The molecule has 120 valence electrons. The van der Waals surface area contributed by atoms with Crippen LogP contribution < -0.4 is 4.74 Å². The predicted octanol–water partition coefficient (Wildman–Crippen LogP) is 2.85. The van der Waals surface area contributed by atoms with Gasteiger partial charge in [-0.2, -0.15) is 5.10 Å². The van der Waals surface area contributed by atoms with Crippen LogP contribution in [-0.4, -0.2) is 49.4 Å². The summed E-state index contributed by atoms with van der Waals surface area (Å²) in [4.78, 5) is 2.48. The summed E-state index contributed by atoms with van der Waals surface area (Å²) in [6, 6.07) is 18.6. The third-order valence-corrected chi connectivity index (χ3v) is 4.06. The highest BCUT2D eigenvalue weighted by Crippen LogP contribution is 2.12. The van der Waals surface area contributed by atoms with Crippen LogP contribution >= 0.6 is 0 Å². The van der Waals surface area contributed by atoms with Crippen molar-refractivity contribution in [1.82, 2.24) is 9.91 Å². The molecule has 4 heteroatoms. The maximum absolute atomic E-state index is 5.24. The molecule has 4 nitrogen and oxygen atoms in total. The van der Waals surface area contributed by atoms with Crippen LogP contribution in [0, 0.1) is 0 Å². The molecule has 2 aromatic rings. The lowest BCUT2D eigenvalue weighted by atomic mass is 10.2. The largest absolute Gasteiger partial charge is 0.497 e. The van der Waals surface area contributed by atoms with Crippen molar-refractivity contribution in [2.45, 2.75) is 6.54 Å². The fourth-order valence-corrected chi connectivity index (χ4v) is 2.72. The topological polar surface area (TPSA) is 28.1 Å². The molecule has 0 atom stereocenters. The Labute approximate surface area is 138 Å². The molecular formula is C19H23N3O. The van der Waals surface area contributed by atoms with E-state index in [1.54, 1.807) is 7.11 Å². The molecule has 0 aliphatic carbocycles. The van der Waals surface area contributed by atoms with E-state index in [-0.39, 0.29) is 0 Å². The highest BCUT2D eigenvalue weighted by Gasteiger charge is 2.15. The summed E-state index contributed by atoms with van der Waals surface area (Å²) in [7, 11) is 1.68. The maximum Gasteiger partial charge on any atom is 0.119 e. The molecule has 2 aromatic carbocycles. The minimum Gasteiger partial charge on any atom is -0.497 e. The van der Waals surface area contributed by atoms with Gasteiger partial charge in [-0.15, -0.1) is 0 Å². The second kappa shape index (κ2) is 7.79. The van der Waals surface area contributed by atoms with Gasteiger partial charge >= 0.3 is 0 Å². The van der Waals surface area contributed by atoms with E-state index >= 15 is 0 Å². The van der Waals surface area contributed by atoms with Gasteiger partial charge in [0.2, 0.25) is 0 Å². The molecule has 1 aliphatic heterocycles. The molecule has 0 amide bonds. The zero-order chi connectivity index (χ0) is 15.9. The van der Waals surface area contributed by atoms with E-state index in [9.17, 15) is 0 Å². The van der Waals surface area contributed by atoms with E-state index in [1.807, 2.05) is 30.5 Å². The standard InChI is InChI=1S/C19H23N3O/c1-23-19-9-5-8-18(14-19)15-20-22-12-10-21(11-13-22)16-17-6-3-2-4-7-17/h2-9,14-15H,10-13,16H2,1H3/b20-15+. The quantitative estimate of drug-likeness (QED) is 0.795. The van der Waals surface area contributed by atoms with Crippen molar-refractivity contribution < 1.29 is 4.74 Å². The van der Waals surface area contributed by atoms with E-state index in [2.05, 4.69) is 45.3 Å². The van der Waals surface area contributed by atoms with Gasteiger partial charge in [0.25, 0.3) is 0 Å². The van der Waals surface area contributed by atoms with Crippen molar-refractivity contribution in [3.05, 3.63) is 65.7 Å². The Balaban J connectivity index is 1.49. The van der Waals surface area contributed by atoms with Gasteiger partial charge in [-0.3, -0.25) is 9.91 Å². The Bertz CT molecular complexity index is 634. The molecule has 1 aliphatic rings. The summed E-state index contributed by atoms with van der Waals surface area (Å²) < 4.78 is 5.24. The summed E-state index contributed by atoms with van der Waals surface area (Å²) in [5.41, 5.74) is 2.44. The van der Waals surface area contributed by atoms with Crippen LogP contribution in [0.5, 0.6) is 5.75 Å². The van der Waals surface area contributed by atoms with Crippen molar-refractivity contribution in [3.8, 4) is 5.75 Å². The van der Waals surface area contributed by atoms with Crippen LogP contribution in [0.15, 0.2) is 59.7 Å². The van der Waals surface area contributed by atoms with Gasteiger partial charge in [-0.25, -0.2) is 0 Å². The van der Waals surface area contributed by atoms with E-state index in [1.165, 1.54) is 5.56 Å².